The number of aromatic nitrogens is 1. The number of methoxy groups -OCH3 is 2. The highest BCUT2D eigenvalue weighted by Gasteiger charge is 2.13. The quantitative estimate of drug-likeness (QED) is 0.646. The maximum Gasteiger partial charge on any atom is 0.123 e. The van der Waals surface area contributed by atoms with Crippen LogP contribution in [0.5, 0.6) is 11.5 Å². The van der Waals surface area contributed by atoms with Crippen LogP contribution in [0.2, 0.25) is 0 Å². The summed E-state index contributed by atoms with van der Waals surface area (Å²) in [5, 5.41) is 6.36. The fraction of sp³-hybridized carbons (Fsp3) is 0.250. The van der Waals surface area contributed by atoms with E-state index < -0.39 is 0 Å². The molecule has 0 amide bonds. The van der Waals surface area contributed by atoms with E-state index in [4.69, 9.17) is 9.47 Å². The van der Waals surface area contributed by atoms with Crippen LogP contribution in [0, 0.1) is 5.82 Å². The van der Waals surface area contributed by atoms with E-state index in [-0.39, 0.29) is 11.9 Å². The van der Waals surface area contributed by atoms with Crippen LogP contribution in [0.25, 0.3) is 10.6 Å². The van der Waals surface area contributed by atoms with E-state index in [0.29, 0.717) is 6.54 Å². The first-order valence-corrected chi connectivity index (χ1v) is 9.14. The third-order valence-corrected chi connectivity index (χ3v) is 5.08. The highest BCUT2D eigenvalue weighted by molar-refractivity contribution is 7.13. The lowest BCUT2D eigenvalue weighted by molar-refractivity contribution is 0.391. The molecule has 0 spiro atoms. The summed E-state index contributed by atoms with van der Waals surface area (Å²) in [5.41, 5.74) is 2.90. The Hall–Kier alpha value is -2.44. The van der Waals surface area contributed by atoms with Crippen LogP contribution >= 0.6 is 11.3 Å². The lowest BCUT2D eigenvalue weighted by atomic mass is 10.1. The zero-order valence-corrected chi connectivity index (χ0v) is 15.8. The largest absolute Gasteiger partial charge is 0.497 e. The summed E-state index contributed by atoms with van der Waals surface area (Å²) in [6.45, 7) is 2.70. The molecule has 3 aromatic rings. The van der Waals surface area contributed by atoms with Crippen LogP contribution in [0.15, 0.2) is 47.8 Å². The third kappa shape index (κ3) is 4.20. The van der Waals surface area contributed by atoms with Crippen molar-refractivity contribution in [2.24, 2.45) is 0 Å². The summed E-state index contributed by atoms with van der Waals surface area (Å²) >= 11 is 1.55. The van der Waals surface area contributed by atoms with E-state index in [1.807, 2.05) is 23.6 Å². The van der Waals surface area contributed by atoms with Gasteiger partial charge in [0, 0.05) is 29.1 Å². The highest BCUT2D eigenvalue weighted by atomic mass is 32.1. The predicted molar refractivity (Wildman–Crippen MR) is 102 cm³/mol. The van der Waals surface area contributed by atoms with Crippen LogP contribution in [0.1, 0.15) is 24.2 Å². The second-order valence-electron chi connectivity index (χ2n) is 5.86. The lowest BCUT2D eigenvalue weighted by Crippen LogP contribution is -2.19. The molecule has 0 fully saturated rings. The number of hydrogen-bond acceptors (Lipinski definition) is 5. The first-order chi connectivity index (χ1) is 12.6. The van der Waals surface area contributed by atoms with Gasteiger partial charge in [-0.3, -0.25) is 0 Å². The van der Waals surface area contributed by atoms with Gasteiger partial charge in [-0.15, -0.1) is 11.3 Å². The number of hydrogen-bond donors (Lipinski definition) is 1. The number of rotatable bonds is 7. The molecule has 1 aromatic heterocycles. The fourth-order valence-corrected chi connectivity index (χ4v) is 3.48. The van der Waals surface area contributed by atoms with Crippen molar-refractivity contribution < 1.29 is 13.9 Å². The van der Waals surface area contributed by atoms with E-state index >= 15 is 0 Å². The van der Waals surface area contributed by atoms with Gasteiger partial charge in [-0.25, -0.2) is 9.37 Å². The first kappa shape index (κ1) is 18.4. The average molecular weight is 372 g/mol. The van der Waals surface area contributed by atoms with Gasteiger partial charge in [-0.2, -0.15) is 0 Å². The Morgan fingerprint density at radius 2 is 1.88 bits per heavy atom. The fourth-order valence-electron chi connectivity index (χ4n) is 2.66. The number of benzene rings is 2. The number of ether oxygens (including phenoxy) is 2. The van der Waals surface area contributed by atoms with Gasteiger partial charge in [0.2, 0.25) is 0 Å². The van der Waals surface area contributed by atoms with E-state index in [0.717, 1.165) is 33.3 Å². The third-order valence-electron chi connectivity index (χ3n) is 4.14. The molecule has 0 radical (unpaired) electrons. The minimum Gasteiger partial charge on any atom is -0.497 e. The molecule has 1 unspecified atom stereocenters. The summed E-state index contributed by atoms with van der Waals surface area (Å²) in [7, 11) is 3.31. The van der Waals surface area contributed by atoms with Crippen molar-refractivity contribution in [2.45, 2.75) is 19.5 Å². The molecule has 1 N–H and O–H groups in total. The molecule has 0 saturated heterocycles. The molecule has 0 aliphatic rings. The summed E-state index contributed by atoms with van der Waals surface area (Å²) in [6.07, 6.45) is 0. The van der Waals surface area contributed by atoms with E-state index in [1.54, 1.807) is 37.7 Å². The van der Waals surface area contributed by atoms with Gasteiger partial charge in [0.1, 0.15) is 22.3 Å². The van der Waals surface area contributed by atoms with Crippen LogP contribution < -0.4 is 14.8 Å². The van der Waals surface area contributed by atoms with E-state index in [9.17, 15) is 4.39 Å². The predicted octanol–water partition coefficient (Wildman–Crippen LogP) is 4.82. The summed E-state index contributed by atoms with van der Waals surface area (Å²) < 4.78 is 23.8. The number of nitrogens with one attached hydrogen (secondary N) is 1. The molecule has 3 rings (SSSR count). The second kappa shape index (κ2) is 8.29. The zero-order chi connectivity index (χ0) is 18.5. The van der Waals surface area contributed by atoms with Crippen LogP contribution in [-0.4, -0.2) is 19.2 Å². The molecule has 136 valence electrons. The Labute approximate surface area is 156 Å². The van der Waals surface area contributed by atoms with Crippen LogP contribution in [-0.2, 0) is 6.54 Å². The van der Waals surface area contributed by atoms with Crippen molar-refractivity contribution >= 4 is 11.3 Å². The molecule has 1 heterocycles. The van der Waals surface area contributed by atoms with Gasteiger partial charge in [-0.05, 0) is 49.4 Å². The molecule has 2 aromatic carbocycles. The summed E-state index contributed by atoms with van der Waals surface area (Å²) in [6, 6.07) is 12.2. The topological polar surface area (TPSA) is 43.4 Å². The molecule has 4 nitrogen and oxygen atoms in total. The van der Waals surface area contributed by atoms with Crippen molar-refractivity contribution in [1.29, 1.82) is 0 Å². The van der Waals surface area contributed by atoms with Crippen molar-refractivity contribution in [3.8, 4) is 22.1 Å². The monoisotopic (exact) mass is 372 g/mol. The minimum atomic E-state index is -0.242. The Morgan fingerprint density at radius 3 is 2.58 bits per heavy atom. The maximum absolute atomic E-state index is 13.0. The van der Waals surface area contributed by atoms with Gasteiger partial charge in [0.25, 0.3) is 0 Å². The van der Waals surface area contributed by atoms with Crippen molar-refractivity contribution in [2.75, 3.05) is 14.2 Å². The zero-order valence-electron chi connectivity index (χ0n) is 15.0. The number of halogens is 1. The van der Waals surface area contributed by atoms with Crippen LogP contribution in [0.3, 0.4) is 0 Å². The van der Waals surface area contributed by atoms with Crippen LogP contribution in [0.4, 0.5) is 4.39 Å². The Kier molecular flexibility index (Phi) is 5.85. The minimum absolute atomic E-state index is 0.0658. The average Bonchev–Trinajstić information content (AvgIpc) is 3.15. The highest BCUT2D eigenvalue weighted by Crippen LogP contribution is 2.30. The molecule has 1 atom stereocenters. The van der Waals surface area contributed by atoms with Gasteiger partial charge < -0.3 is 14.8 Å². The summed E-state index contributed by atoms with van der Waals surface area (Å²) in [4.78, 5) is 4.63. The molecule has 26 heavy (non-hydrogen) atoms. The Morgan fingerprint density at radius 1 is 1.12 bits per heavy atom. The molecule has 0 bridgehead atoms. The molecule has 0 aliphatic carbocycles. The van der Waals surface area contributed by atoms with Gasteiger partial charge in [0.15, 0.2) is 0 Å². The molecule has 0 saturated carbocycles. The second-order valence-corrected chi connectivity index (χ2v) is 6.72. The van der Waals surface area contributed by atoms with Gasteiger partial charge in [0.05, 0.1) is 19.9 Å². The Balaban J connectivity index is 1.68. The Bertz CT molecular complexity index is 865. The normalized spacial score (nSPS) is 12.0. The van der Waals surface area contributed by atoms with Gasteiger partial charge >= 0.3 is 0 Å². The van der Waals surface area contributed by atoms with E-state index in [1.165, 1.54) is 12.1 Å². The molecular formula is C20H21FN2O2S. The smallest absolute Gasteiger partial charge is 0.123 e. The molecule has 0 aliphatic heterocycles. The van der Waals surface area contributed by atoms with Crippen molar-refractivity contribution in [3.05, 3.63) is 64.9 Å². The lowest BCUT2D eigenvalue weighted by Gasteiger charge is -2.17. The standard InChI is InChI=1S/C20H21FN2O2S/c1-13(18-10-17(24-2)8-9-19(18)25-3)22-11-16-12-26-20(23-16)14-4-6-15(21)7-5-14/h4-10,12-13,22H,11H2,1-3H3. The number of thiazole rings is 1. The molecule has 6 heteroatoms. The van der Waals surface area contributed by atoms with Crippen molar-refractivity contribution in [1.82, 2.24) is 10.3 Å². The van der Waals surface area contributed by atoms with Gasteiger partial charge in [-0.1, -0.05) is 0 Å². The SMILES string of the molecule is COc1ccc(OC)c(C(C)NCc2csc(-c3ccc(F)cc3)n2)c1. The molecular weight excluding hydrogens is 351 g/mol. The number of nitrogens with zero attached hydrogens (tertiary/aromatic N) is 1. The van der Waals surface area contributed by atoms with Crippen molar-refractivity contribution in [3.63, 3.8) is 0 Å². The maximum atomic E-state index is 13.0. The summed E-state index contributed by atoms with van der Waals surface area (Å²) in [5.74, 6) is 1.37. The van der Waals surface area contributed by atoms with E-state index in [2.05, 4.69) is 17.2 Å². The first-order valence-electron chi connectivity index (χ1n) is 8.26.